The molecule has 1 heterocycles. The predicted molar refractivity (Wildman–Crippen MR) is 111 cm³/mol. The quantitative estimate of drug-likeness (QED) is 0.402. The van der Waals surface area contributed by atoms with Gasteiger partial charge in [-0.2, -0.15) is 5.01 Å². The molecule has 3 amide bonds. The lowest BCUT2D eigenvalue weighted by molar-refractivity contribution is -0.385. The van der Waals surface area contributed by atoms with Crippen molar-refractivity contribution in [2.75, 3.05) is 0 Å². The number of para-hydroxylation sites is 1. The maximum Gasteiger partial charge on any atom is 0.282 e. The number of rotatable bonds is 5. The van der Waals surface area contributed by atoms with Crippen molar-refractivity contribution >= 4 is 23.4 Å². The summed E-state index contributed by atoms with van der Waals surface area (Å²) in [6.07, 6.45) is 1.85. The summed E-state index contributed by atoms with van der Waals surface area (Å²) < 4.78 is 14.4. The number of hydrazine groups is 1. The Morgan fingerprint density at radius 2 is 1.75 bits per heavy atom. The smallest absolute Gasteiger partial charge is 0.272 e. The van der Waals surface area contributed by atoms with Crippen LogP contribution in [0, 0.1) is 33.7 Å². The van der Waals surface area contributed by atoms with Gasteiger partial charge in [0.15, 0.2) is 0 Å². The van der Waals surface area contributed by atoms with E-state index in [0.29, 0.717) is 12.8 Å². The maximum absolute atomic E-state index is 14.4. The summed E-state index contributed by atoms with van der Waals surface area (Å²) in [6, 6.07) is 11.0. The number of carbonyl (C=O) groups is 3. The van der Waals surface area contributed by atoms with Crippen LogP contribution in [0.2, 0.25) is 0 Å². The van der Waals surface area contributed by atoms with Gasteiger partial charge in [-0.05, 0) is 37.3 Å². The fourth-order valence-corrected chi connectivity index (χ4v) is 4.58. The van der Waals surface area contributed by atoms with Crippen LogP contribution in [0.1, 0.15) is 42.1 Å². The van der Waals surface area contributed by atoms with Crippen molar-refractivity contribution in [3.8, 4) is 0 Å². The zero-order valence-electron chi connectivity index (χ0n) is 17.4. The van der Waals surface area contributed by atoms with E-state index in [1.54, 1.807) is 6.07 Å². The molecule has 1 aliphatic heterocycles. The molecule has 0 unspecified atom stereocenters. The average molecular weight is 439 g/mol. The number of nitro groups is 1. The van der Waals surface area contributed by atoms with Gasteiger partial charge in [0.05, 0.1) is 23.3 Å². The molecule has 166 valence electrons. The molecule has 1 aliphatic carbocycles. The monoisotopic (exact) mass is 439 g/mol. The number of amides is 3. The first-order chi connectivity index (χ1) is 15.3. The largest absolute Gasteiger partial charge is 0.282 e. The fourth-order valence-electron chi connectivity index (χ4n) is 4.58. The topological polar surface area (TPSA) is 101 Å². The number of hydrogen-bond acceptors (Lipinski definition) is 5. The van der Waals surface area contributed by atoms with Gasteiger partial charge in [0.1, 0.15) is 11.4 Å². The van der Waals surface area contributed by atoms with Gasteiger partial charge in [-0.15, -0.1) is 0 Å². The summed E-state index contributed by atoms with van der Waals surface area (Å²) in [4.78, 5) is 50.7. The molecule has 2 aromatic carbocycles. The minimum Gasteiger partial charge on any atom is -0.272 e. The van der Waals surface area contributed by atoms with Crippen LogP contribution in [0.4, 0.5) is 10.1 Å². The van der Waals surface area contributed by atoms with E-state index in [-0.39, 0.29) is 17.0 Å². The molecular formula is C23H22FN3O5. The van der Waals surface area contributed by atoms with Crippen LogP contribution in [-0.2, 0) is 16.1 Å². The van der Waals surface area contributed by atoms with Crippen molar-refractivity contribution in [2.24, 2.45) is 17.8 Å². The fraction of sp³-hybridized carbons (Fsp3) is 0.348. The summed E-state index contributed by atoms with van der Waals surface area (Å²) in [6.45, 7) is 1.59. The Hall–Kier alpha value is -3.62. The molecule has 0 spiro atoms. The van der Waals surface area contributed by atoms with E-state index in [0.717, 1.165) is 16.4 Å². The lowest BCUT2D eigenvalue weighted by Crippen LogP contribution is -2.50. The van der Waals surface area contributed by atoms with Crippen LogP contribution in [0.3, 0.4) is 0 Å². The number of imide groups is 1. The van der Waals surface area contributed by atoms with Gasteiger partial charge in [0, 0.05) is 11.6 Å². The zero-order valence-corrected chi connectivity index (χ0v) is 17.4. The number of hydrogen-bond donors (Lipinski definition) is 0. The normalized spacial score (nSPS) is 22.6. The van der Waals surface area contributed by atoms with Gasteiger partial charge in [-0.25, -0.2) is 9.40 Å². The number of nitrogens with zero attached hydrogens (tertiary/aromatic N) is 3. The van der Waals surface area contributed by atoms with E-state index in [4.69, 9.17) is 0 Å². The maximum atomic E-state index is 14.4. The molecular weight excluding hydrogens is 417 g/mol. The Morgan fingerprint density at radius 3 is 2.47 bits per heavy atom. The van der Waals surface area contributed by atoms with Crippen LogP contribution >= 0.6 is 0 Å². The summed E-state index contributed by atoms with van der Waals surface area (Å²) in [5.74, 6) is -3.39. The van der Waals surface area contributed by atoms with Gasteiger partial charge >= 0.3 is 0 Å². The van der Waals surface area contributed by atoms with Crippen LogP contribution in [-0.4, -0.2) is 32.7 Å². The van der Waals surface area contributed by atoms with Crippen LogP contribution in [0.15, 0.2) is 48.5 Å². The molecule has 3 atom stereocenters. The molecule has 2 aromatic rings. The Morgan fingerprint density at radius 1 is 1.09 bits per heavy atom. The Bertz CT molecular complexity index is 1100. The van der Waals surface area contributed by atoms with E-state index in [1.807, 2.05) is 6.92 Å². The minimum atomic E-state index is -0.908. The van der Waals surface area contributed by atoms with Gasteiger partial charge in [-0.1, -0.05) is 37.3 Å². The van der Waals surface area contributed by atoms with E-state index >= 15 is 0 Å². The van der Waals surface area contributed by atoms with Crippen molar-refractivity contribution in [3.63, 3.8) is 0 Å². The van der Waals surface area contributed by atoms with Gasteiger partial charge in [0.25, 0.3) is 23.4 Å². The highest BCUT2D eigenvalue weighted by Crippen LogP contribution is 2.41. The standard InChI is InChI=1S/C23H22FN3O5/c1-14-10-11-16-18(12-14)23(30)26(22(16)29)25(13-15-6-2-4-8-19(15)24)21(28)17-7-3-5-9-20(17)27(31)32/h2-9,14,16,18H,10-13H2,1H3/t14-,16+,18-/m1/s1. The van der Waals surface area contributed by atoms with Crippen LogP contribution in [0.5, 0.6) is 0 Å². The third-order valence-corrected chi connectivity index (χ3v) is 6.25. The van der Waals surface area contributed by atoms with Gasteiger partial charge < -0.3 is 0 Å². The van der Waals surface area contributed by atoms with Crippen molar-refractivity contribution < 1.29 is 23.7 Å². The Labute approximate surface area is 183 Å². The molecule has 2 aliphatic rings. The molecule has 32 heavy (non-hydrogen) atoms. The van der Waals surface area contributed by atoms with Crippen molar-refractivity contribution in [3.05, 3.63) is 75.6 Å². The molecule has 4 rings (SSSR count). The lowest BCUT2D eigenvalue weighted by Gasteiger charge is -2.30. The molecule has 0 N–H and O–H groups in total. The highest BCUT2D eigenvalue weighted by Gasteiger charge is 2.53. The summed E-state index contributed by atoms with van der Waals surface area (Å²) >= 11 is 0. The molecule has 2 fully saturated rings. The van der Waals surface area contributed by atoms with E-state index in [2.05, 4.69) is 0 Å². The number of carbonyl (C=O) groups excluding carboxylic acids is 3. The molecule has 0 bridgehead atoms. The van der Waals surface area contributed by atoms with Gasteiger partial charge in [0.2, 0.25) is 0 Å². The second-order valence-corrected chi connectivity index (χ2v) is 8.35. The summed E-state index contributed by atoms with van der Waals surface area (Å²) in [5, 5.41) is 13.1. The van der Waals surface area contributed by atoms with E-state index in [9.17, 15) is 28.9 Å². The zero-order chi connectivity index (χ0) is 23.0. The van der Waals surface area contributed by atoms with E-state index in [1.165, 1.54) is 42.5 Å². The summed E-state index contributed by atoms with van der Waals surface area (Å²) in [5.41, 5.74) is -0.651. The number of halogens is 1. The predicted octanol–water partition coefficient (Wildman–Crippen LogP) is 3.71. The van der Waals surface area contributed by atoms with Crippen molar-refractivity contribution in [1.82, 2.24) is 10.0 Å². The molecule has 1 saturated carbocycles. The molecule has 0 radical (unpaired) electrons. The Kier molecular flexibility index (Phi) is 5.73. The molecule has 1 saturated heterocycles. The SMILES string of the molecule is C[C@@H]1CC[C@@H]2C(=O)N(N(Cc3ccccc3F)C(=O)c3ccccc3[N+](=O)[O-])C(=O)[C@@H]2C1. The van der Waals surface area contributed by atoms with E-state index < -0.39 is 52.5 Å². The van der Waals surface area contributed by atoms with Crippen molar-refractivity contribution in [1.29, 1.82) is 0 Å². The molecule has 0 aromatic heterocycles. The third-order valence-electron chi connectivity index (χ3n) is 6.25. The molecule has 9 heteroatoms. The summed E-state index contributed by atoms with van der Waals surface area (Å²) in [7, 11) is 0. The first-order valence-electron chi connectivity index (χ1n) is 10.5. The number of benzene rings is 2. The van der Waals surface area contributed by atoms with Crippen LogP contribution < -0.4 is 0 Å². The first-order valence-corrected chi connectivity index (χ1v) is 10.5. The Balaban J connectivity index is 1.78. The molecule has 8 nitrogen and oxygen atoms in total. The highest BCUT2D eigenvalue weighted by molar-refractivity contribution is 6.08. The highest BCUT2D eigenvalue weighted by atomic mass is 19.1. The first kappa shape index (κ1) is 21.6. The van der Waals surface area contributed by atoms with Gasteiger partial charge in [-0.3, -0.25) is 24.5 Å². The lowest BCUT2D eigenvalue weighted by atomic mass is 9.76. The second-order valence-electron chi connectivity index (χ2n) is 8.35. The number of nitro benzene ring substituents is 1. The third kappa shape index (κ3) is 3.74. The second kappa shape index (κ2) is 8.49. The number of fused-ring (bicyclic) bond motifs is 1. The average Bonchev–Trinajstić information content (AvgIpc) is 3.02. The van der Waals surface area contributed by atoms with Crippen molar-refractivity contribution in [2.45, 2.75) is 32.7 Å². The minimum absolute atomic E-state index is 0.0864. The van der Waals surface area contributed by atoms with Crippen LogP contribution in [0.25, 0.3) is 0 Å².